The van der Waals surface area contributed by atoms with Gasteiger partial charge in [0.05, 0.1) is 19.1 Å². The van der Waals surface area contributed by atoms with Gasteiger partial charge < -0.3 is 19.6 Å². The van der Waals surface area contributed by atoms with Gasteiger partial charge in [-0.25, -0.2) is 0 Å². The van der Waals surface area contributed by atoms with Gasteiger partial charge in [0.25, 0.3) is 0 Å². The summed E-state index contributed by atoms with van der Waals surface area (Å²) in [6.45, 7) is 8.42. The van der Waals surface area contributed by atoms with Crippen LogP contribution in [0, 0.1) is 5.92 Å². The van der Waals surface area contributed by atoms with Gasteiger partial charge >= 0.3 is 5.97 Å². The molecule has 4 rings (SSSR count). The van der Waals surface area contributed by atoms with E-state index in [1.165, 1.54) is 0 Å². The van der Waals surface area contributed by atoms with Crippen molar-refractivity contribution in [2.24, 2.45) is 5.92 Å². The van der Waals surface area contributed by atoms with E-state index in [-0.39, 0.29) is 30.3 Å². The molecular formula is C29H43N3O5. The number of likely N-dealkylation sites (tertiary alicyclic amines) is 2. The molecule has 0 radical (unpaired) electrons. The predicted octanol–water partition coefficient (Wildman–Crippen LogP) is 3.53. The zero-order valence-electron chi connectivity index (χ0n) is 22.5. The van der Waals surface area contributed by atoms with Crippen molar-refractivity contribution in [1.82, 2.24) is 14.7 Å². The molecule has 2 fully saturated rings. The number of aliphatic carboxylic acids is 1. The molecule has 0 saturated carbocycles. The second-order valence-corrected chi connectivity index (χ2v) is 10.8. The topological polar surface area (TPSA) is 90.4 Å². The quantitative estimate of drug-likeness (QED) is 0.434. The second-order valence-electron chi connectivity index (χ2n) is 10.8. The van der Waals surface area contributed by atoms with Gasteiger partial charge in [0, 0.05) is 57.5 Å². The van der Waals surface area contributed by atoms with E-state index in [0.717, 1.165) is 75.0 Å². The predicted molar refractivity (Wildman–Crippen MR) is 142 cm³/mol. The normalized spacial score (nSPS) is 23.4. The first-order valence-electron chi connectivity index (χ1n) is 14.2. The third-order valence-corrected chi connectivity index (χ3v) is 8.30. The van der Waals surface area contributed by atoms with Crippen LogP contribution in [0.1, 0.15) is 75.8 Å². The first-order valence-corrected chi connectivity index (χ1v) is 14.2. The van der Waals surface area contributed by atoms with Crippen LogP contribution in [-0.2, 0) is 20.8 Å². The lowest BCUT2D eigenvalue weighted by atomic mass is 9.83. The Labute approximate surface area is 220 Å². The van der Waals surface area contributed by atoms with Crippen LogP contribution in [0.2, 0.25) is 0 Å². The molecule has 3 heterocycles. The van der Waals surface area contributed by atoms with Crippen molar-refractivity contribution in [3.8, 4) is 5.75 Å². The van der Waals surface area contributed by atoms with Crippen LogP contribution in [0.25, 0.3) is 0 Å². The van der Waals surface area contributed by atoms with Gasteiger partial charge in [0.2, 0.25) is 11.8 Å². The zero-order valence-corrected chi connectivity index (χ0v) is 22.5. The van der Waals surface area contributed by atoms with E-state index in [9.17, 15) is 19.5 Å². The molecule has 3 aliphatic heterocycles. The number of rotatable bonds is 13. The number of carboxylic acid groups (broad SMARTS) is 1. The number of carbonyl (C=O) groups is 3. The molecule has 204 valence electrons. The second kappa shape index (κ2) is 12.8. The molecule has 1 unspecified atom stereocenters. The van der Waals surface area contributed by atoms with E-state index < -0.39 is 11.9 Å². The van der Waals surface area contributed by atoms with Crippen LogP contribution in [-0.4, -0.2) is 89.5 Å². The Kier molecular flexibility index (Phi) is 9.46. The molecule has 0 bridgehead atoms. The summed E-state index contributed by atoms with van der Waals surface area (Å²) in [5.41, 5.74) is 2.13. The molecule has 0 aromatic heterocycles. The molecule has 1 N–H and O–H groups in total. The van der Waals surface area contributed by atoms with Crippen molar-refractivity contribution < 1.29 is 24.2 Å². The summed E-state index contributed by atoms with van der Waals surface area (Å²) in [7, 11) is 0. The van der Waals surface area contributed by atoms with Gasteiger partial charge in [-0.3, -0.25) is 19.3 Å². The fraction of sp³-hybridized carbons (Fsp3) is 0.690. The fourth-order valence-electron chi connectivity index (χ4n) is 6.19. The number of carbonyl (C=O) groups excluding carboxylic acids is 2. The van der Waals surface area contributed by atoms with Crippen molar-refractivity contribution in [3.63, 3.8) is 0 Å². The number of amides is 2. The van der Waals surface area contributed by atoms with Gasteiger partial charge in [-0.15, -0.1) is 0 Å². The van der Waals surface area contributed by atoms with Gasteiger partial charge in [-0.1, -0.05) is 38.8 Å². The summed E-state index contributed by atoms with van der Waals surface area (Å²) < 4.78 is 5.67. The van der Waals surface area contributed by atoms with Crippen LogP contribution >= 0.6 is 0 Å². The van der Waals surface area contributed by atoms with Crippen LogP contribution < -0.4 is 4.74 Å². The molecule has 2 amide bonds. The Morgan fingerprint density at radius 2 is 1.89 bits per heavy atom. The van der Waals surface area contributed by atoms with Gasteiger partial charge in [-0.05, 0) is 42.9 Å². The number of nitrogens with zero attached hydrogens (tertiary/aromatic N) is 3. The number of unbranched alkanes of at least 4 members (excludes halogenated alkanes) is 2. The lowest BCUT2D eigenvalue weighted by Crippen LogP contribution is -2.45. The Hall–Kier alpha value is -2.61. The molecule has 0 aliphatic carbocycles. The molecule has 3 atom stereocenters. The number of fused-ring (bicyclic) bond motifs is 1. The maximum absolute atomic E-state index is 13.5. The van der Waals surface area contributed by atoms with E-state index in [1.807, 2.05) is 21.9 Å². The minimum atomic E-state index is -0.830. The summed E-state index contributed by atoms with van der Waals surface area (Å²) in [5, 5.41) is 10.4. The number of hydrogen-bond acceptors (Lipinski definition) is 5. The summed E-state index contributed by atoms with van der Waals surface area (Å²) in [6.07, 6.45) is 6.80. The Morgan fingerprint density at radius 3 is 2.54 bits per heavy atom. The molecular weight excluding hydrogens is 470 g/mol. The number of ether oxygens (including phenoxy) is 1. The van der Waals surface area contributed by atoms with Crippen molar-refractivity contribution >= 4 is 17.8 Å². The highest BCUT2D eigenvalue weighted by atomic mass is 16.5. The monoisotopic (exact) mass is 513 g/mol. The fourth-order valence-corrected chi connectivity index (χ4v) is 6.19. The lowest BCUT2D eigenvalue weighted by molar-refractivity contribution is -0.144. The van der Waals surface area contributed by atoms with Crippen LogP contribution in [0.3, 0.4) is 0 Å². The zero-order chi connectivity index (χ0) is 26.4. The molecule has 2 saturated heterocycles. The highest BCUT2D eigenvalue weighted by Crippen LogP contribution is 2.41. The summed E-state index contributed by atoms with van der Waals surface area (Å²) >= 11 is 0. The highest BCUT2D eigenvalue weighted by Gasteiger charge is 2.47. The maximum atomic E-state index is 13.5. The summed E-state index contributed by atoms with van der Waals surface area (Å²) in [5.74, 6) is -0.569. The summed E-state index contributed by atoms with van der Waals surface area (Å²) in [4.78, 5) is 44.4. The molecule has 8 heteroatoms. The molecule has 37 heavy (non-hydrogen) atoms. The molecule has 1 aromatic rings. The smallest absolute Gasteiger partial charge is 0.308 e. The average molecular weight is 514 g/mol. The van der Waals surface area contributed by atoms with E-state index in [4.69, 9.17) is 4.74 Å². The molecule has 0 spiro atoms. The highest BCUT2D eigenvalue weighted by molar-refractivity contribution is 5.79. The van der Waals surface area contributed by atoms with E-state index in [1.54, 1.807) is 0 Å². The van der Waals surface area contributed by atoms with Crippen molar-refractivity contribution in [3.05, 3.63) is 29.3 Å². The Bertz CT molecular complexity index is 959. The SMILES string of the molecule is CCCCN(CCCC)C(=O)CN1CC(c2ccc3c(c2)CCO3)[C@H](C(=O)O)[C@H]1CCN1CCCC1=O. The van der Waals surface area contributed by atoms with Crippen LogP contribution in [0.4, 0.5) is 0 Å². The third-order valence-electron chi connectivity index (χ3n) is 8.30. The van der Waals surface area contributed by atoms with Gasteiger partial charge in [0.15, 0.2) is 0 Å². The van der Waals surface area contributed by atoms with Crippen LogP contribution in [0.5, 0.6) is 5.75 Å². The standard InChI is InChI=1S/C29H43N3O5/c1-3-5-13-30(14-6-4-2)27(34)20-32-19-23(21-9-10-25-22(18-21)12-17-37-25)28(29(35)36)24(32)11-16-31-15-7-8-26(31)33/h9-10,18,23-24,28H,3-8,11-17,19-20H2,1-2H3,(H,35,36)/t23?,24-,28+/m1/s1. The molecule has 1 aromatic carbocycles. The average Bonchev–Trinajstić information content (AvgIpc) is 3.60. The van der Waals surface area contributed by atoms with Gasteiger partial charge in [-0.2, -0.15) is 0 Å². The minimum Gasteiger partial charge on any atom is -0.493 e. The summed E-state index contributed by atoms with van der Waals surface area (Å²) in [6, 6.07) is 5.75. The molecule has 8 nitrogen and oxygen atoms in total. The number of carboxylic acids is 1. The van der Waals surface area contributed by atoms with Crippen molar-refractivity contribution in [1.29, 1.82) is 0 Å². The Balaban J connectivity index is 1.57. The van der Waals surface area contributed by atoms with E-state index in [0.29, 0.717) is 32.5 Å². The van der Waals surface area contributed by atoms with Crippen molar-refractivity contribution in [2.75, 3.05) is 45.9 Å². The van der Waals surface area contributed by atoms with Crippen LogP contribution in [0.15, 0.2) is 18.2 Å². The largest absolute Gasteiger partial charge is 0.493 e. The maximum Gasteiger partial charge on any atom is 0.308 e. The first kappa shape index (κ1) is 27.4. The number of benzene rings is 1. The Morgan fingerprint density at radius 1 is 1.14 bits per heavy atom. The van der Waals surface area contributed by atoms with Crippen molar-refractivity contribution in [2.45, 2.75) is 77.2 Å². The first-order chi connectivity index (χ1) is 17.9. The molecule has 3 aliphatic rings. The number of hydrogen-bond donors (Lipinski definition) is 1. The van der Waals surface area contributed by atoms with E-state index in [2.05, 4.69) is 24.8 Å². The van der Waals surface area contributed by atoms with Gasteiger partial charge in [0.1, 0.15) is 5.75 Å². The third kappa shape index (κ3) is 6.46. The lowest BCUT2D eigenvalue weighted by Gasteiger charge is -2.30. The minimum absolute atomic E-state index is 0.0799. The van der Waals surface area contributed by atoms with E-state index >= 15 is 0 Å².